The van der Waals surface area contributed by atoms with Crippen LogP contribution in [-0.4, -0.2) is 51.3 Å². The van der Waals surface area contributed by atoms with Gasteiger partial charge in [0.1, 0.15) is 18.5 Å². The van der Waals surface area contributed by atoms with Crippen molar-refractivity contribution in [3.05, 3.63) is 53.6 Å². The van der Waals surface area contributed by atoms with Gasteiger partial charge in [-0.15, -0.1) is 0 Å². The number of carboxylic acids is 1. The number of ether oxygens (including phenoxy) is 1. The Morgan fingerprint density at radius 2 is 2.07 bits per heavy atom. The number of hydrogen-bond donors (Lipinski definition) is 4. The van der Waals surface area contributed by atoms with Crippen molar-refractivity contribution in [1.82, 2.24) is 0 Å². The molecule has 0 bridgehead atoms. The highest BCUT2D eigenvalue weighted by atomic mass is 35.5. The smallest absolute Gasteiger partial charge is 0.303 e. The van der Waals surface area contributed by atoms with Gasteiger partial charge in [-0.1, -0.05) is 42.0 Å². The molecule has 0 aromatic heterocycles. The molecule has 1 aliphatic carbocycles. The normalized spacial score (nSPS) is 25.7. The molecule has 0 unspecified atom stereocenters. The number of hydrogen-bond acceptors (Lipinski definition) is 5. The number of carboxylic acid groups (broad SMARTS) is 1. The molecule has 160 valence electrons. The minimum absolute atomic E-state index is 0.0519. The van der Waals surface area contributed by atoms with Gasteiger partial charge in [0.25, 0.3) is 0 Å². The van der Waals surface area contributed by atoms with E-state index in [4.69, 9.17) is 21.4 Å². The summed E-state index contributed by atoms with van der Waals surface area (Å²) in [6.45, 7) is 0.0519. The van der Waals surface area contributed by atoms with Gasteiger partial charge in [0.2, 0.25) is 0 Å². The highest BCUT2D eigenvalue weighted by Gasteiger charge is 2.39. The lowest BCUT2D eigenvalue weighted by Gasteiger charge is -2.19. The number of rotatable bonds is 11. The monoisotopic (exact) mass is 424 g/mol. The third-order valence-electron chi connectivity index (χ3n) is 5.02. The van der Waals surface area contributed by atoms with Gasteiger partial charge in [-0.2, -0.15) is 0 Å². The predicted molar refractivity (Wildman–Crippen MR) is 111 cm³/mol. The number of carbonyl (C=O) groups is 1. The molecular weight excluding hydrogens is 396 g/mol. The van der Waals surface area contributed by atoms with Gasteiger partial charge in [0.15, 0.2) is 0 Å². The van der Waals surface area contributed by atoms with Crippen molar-refractivity contribution in [3.8, 4) is 5.75 Å². The van der Waals surface area contributed by atoms with E-state index in [0.717, 1.165) is 0 Å². The van der Waals surface area contributed by atoms with Crippen LogP contribution in [0.2, 0.25) is 5.02 Å². The Morgan fingerprint density at radius 3 is 2.79 bits per heavy atom. The molecule has 1 saturated carbocycles. The highest BCUT2D eigenvalue weighted by Crippen LogP contribution is 2.36. The van der Waals surface area contributed by atoms with Crippen molar-refractivity contribution in [2.75, 3.05) is 6.61 Å². The predicted octanol–water partition coefficient (Wildman–Crippen LogP) is 3.20. The summed E-state index contributed by atoms with van der Waals surface area (Å²) < 4.78 is 5.51. The van der Waals surface area contributed by atoms with Gasteiger partial charge in [-0.05, 0) is 43.4 Å². The van der Waals surface area contributed by atoms with Crippen LogP contribution in [0.3, 0.4) is 0 Å². The molecule has 0 aliphatic heterocycles. The maximum atomic E-state index is 10.5. The van der Waals surface area contributed by atoms with E-state index in [2.05, 4.69) is 0 Å². The number of benzene rings is 1. The van der Waals surface area contributed by atoms with E-state index < -0.39 is 24.3 Å². The Bertz CT molecular complexity index is 704. The first-order valence-corrected chi connectivity index (χ1v) is 10.2. The van der Waals surface area contributed by atoms with E-state index in [1.807, 2.05) is 12.2 Å². The molecule has 1 aliphatic rings. The van der Waals surface area contributed by atoms with Crippen molar-refractivity contribution in [1.29, 1.82) is 0 Å². The molecule has 7 heteroatoms. The molecule has 1 fully saturated rings. The largest absolute Gasteiger partial charge is 0.491 e. The SMILES string of the molecule is O=C(O)CCC/C=C/C[C@@H]1[C@@H](C=C[C@@H](O)COc2cccc(Cl)c2)[C@H](O)C[C@@H]1O. The summed E-state index contributed by atoms with van der Waals surface area (Å²) >= 11 is 5.90. The van der Waals surface area contributed by atoms with Gasteiger partial charge in [0.05, 0.1) is 12.2 Å². The van der Waals surface area contributed by atoms with Crippen LogP contribution in [0.25, 0.3) is 0 Å². The molecule has 0 saturated heterocycles. The van der Waals surface area contributed by atoms with Crippen LogP contribution in [0.1, 0.15) is 32.1 Å². The molecule has 29 heavy (non-hydrogen) atoms. The first-order chi connectivity index (χ1) is 13.9. The molecule has 5 atom stereocenters. The van der Waals surface area contributed by atoms with Crippen molar-refractivity contribution in [2.45, 2.75) is 50.4 Å². The number of halogens is 1. The third-order valence-corrected chi connectivity index (χ3v) is 5.26. The summed E-state index contributed by atoms with van der Waals surface area (Å²) in [5, 5.41) is 39.8. The minimum atomic E-state index is -0.855. The number of unbranched alkanes of at least 4 members (excludes halogenated alkanes) is 1. The Hall–Kier alpha value is -1.86. The lowest BCUT2D eigenvalue weighted by molar-refractivity contribution is -0.137. The third kappa shape index (κ3) is 8.19. The molecule has 0 amide bonds. The quantitative estimate of drug-likeness (QED) is 0.321. The maximum absolute atomic E-state index is 10.5. The van der Waals surface area contributed by atoms with Gasteiger partial charge < -0.3 is 25.2 Å². The number of aliphatic hydroxyl groups excluding tert-OH is 3. The summed E-state index contributed by atoms with van der Waals surface area (Å²) in [4.78, 5) is 10.5. The molecule has 6 nitrogen and oxygen atoms in total. The topological polar surface area (TPSA) is 107 Å². The first-order valence-electron chi connectivity index (χ1n) is 9.84. The fourth-order valence-corrected chi connectivity index (χ4v) is 3.68. The fraction of sp³-hybridized carbons (Fsp3) is 0.500. The molecular formula is C22H29ClO6. The van der Waals surface area contributed by atoms with Crippen molar-refractivity contribution in [2.24, 2.45) is 11.8 Å². The van der Waals surface area contributed by atoms with Gasteiger partial charge >= 0.3 is 5.97 Å². The van der Waals surface area contributed by atoms with E-state index in [1.54, 1.807) is 36.4 Å². The van der Waals surface area contributed by atoms with Crippen LogP contribution < -0.4 is 4.74 Å². The second kappa shape index (κ2) is 12.0. The lowest BCUT2D eigenvalue weighted by Crippen LogP contribution is -2.21. The van der Waals surface area contributed by atoms with E-state index in [1.165, 1.54) is 0 Å². The van der Waals surface area contributed by atoms with Crippen LogP contribution in [-0.2, 0) is 4.79 Å². The summed E-state index contributed by atoms with van der Waals surface area (Å²) in [5.74, 6) is -0.671. The van der Waals surface area contributed by atoms with Crippen LogP contribution in [0.4, 0.5) is 0 Å². The lowest BCUT2D eigenvalue weighted by atomic mass is 9.89. The molecule has 4 N–H and O–H groups in total. The summed E-state index contributed by atoms with van der Waals surface area (Å²) in [6, 6.07) is 6.90. The van der Waals surface area contributed by atoms with Crippen LogP contribution >= 0.6 is 11.6 Å². The zero-order chi connectivity index (χ0) is 21.2. The number of aliphatic carboxylic acids is 1. The summed E-state index contributed by atoms with van der Waals surface area (Å²) in [6.07, 6.45) is 7.26. The molecule has 0 spiro atoms. The zero-order valence-electron chi connectivity index (χ0n) is 16.2. The zero-order valence-corrected chi connectivity index (χ0v) is 17.0. The van der Waals surface area contributed by atoms with Crippen LogP contribution in [0.15, 0.2) is 48.6 Å². The first kappa shape index (κ1) is 23.4. The van der Waals surface area contributed by atoms with Crippen LogP contribution in [0, 0.1) is 11.8 Å². The summed E-state index contributed by atoms with van der Waals surface area (Å²) in [7, 11) is 0. The summed E-state index contributed by atoms with van der Waals surface area (Å²) in [5.41, 5.74) is 0. The van der Waals surface area contributed by atoms with E-state index >= 15 is 0 Å². The Morgan fingerprint density at radius 1 is 1.28 bits per heavy atom. The fourth-order valence-electron chi connectivity index (χ4n) is 3.50. The van der Waals surface area contributed by atoms with Gasteiger partial charge in [-0.25, -0.2) is 0 Å². The highest BCUT2D eigenvalue weighted by molar-refractivity contribution is 6.30. The number of aliphatic hydroxyl groups is 3. The Kier molecular flexibility index (Phi) is 9.67. The molecule has 0 heterocycles. The molecule has 0 radical (unpaired) electrons. The Labute approximate surface area is 176 Å². The van der Waals surface area contributed by atoms with Crippen molar-refractivity contribution < 1.29 is 30.0 Å². The molecule has 1 aromatic rings. The standard InChI is InChI=1S/C22H29ClO6/c23-15-6-5-7-17(12-15)29-14-16(24)10-11-19-18(20(25)13-21(19)26)8-3-1-2-4-9-22(27)28/h1,3,5-7,10-12,16,18-21,24-26H,2,4,8-9,13-14H2,(H,27,28)/b3-1+,11-10?/t16-,18-,19-,20+,21-/m1/s1. The second-order valence-electron chi connectivity index (χ2n) is 7.33. The number of allylic oxidation sites excluding steroid dienone is 2. The van der Waals surface area contributed by atoms with Crippen LogP contribution in [0.5, 0.6) is 5.75 Å². The van der Waals surface area contributed by atoms with Gasteiger partial charge in [-0.3, -0.25) is 4.79 Å². The van der Waals surface area contributed by atoms with E-state index in [0.29, 0.717) is 36.5 Å². The van der Waals surface area contributed by atoms with Crippen molar-refractivity contribution in [3.63, 3.8) is 0 Å². The van der Waals surface area contributed by atoms with Gasteiger partial charge in [0, 0.05) is 23.8 Å². The van der Waals surface area contributed by atoms with E-state index in [-0.39, 0.29) is 24.9 Å². The molecule has 2 rings (SSSR count). The van der Waals surface area contributed by atoms with Crippen molar-refractivity contribution >= 4 is 17.6 Å². The molecule has 1 aromatic carbocycles. The minimum Gasteiger partial charge on any atom is -0.491 e. The average molecular weight is 425 g/mol. The van der Waals surface area contributed by atoms with E-state index in [9.17, 15) is 20.1 Å². The second-order valence-corrected chi connectivity index (χ2v) is 7.76. The average Bonchev–Trinajstić information content (AvgIpc) is 2.93. The Balaban J connectivity index is 1.83. The maximum Gasteiger partial charge on any atom is 0.303 e.